The first kappa shape index (κ1) is 15.7. The van der Waals surface area contributed by atoms with Crippen LogP contribution < -0.4 is 5.32 Å². The highest BCUT2D eigenvalue weighted by molar-refractivity contribution is 5.78. The lowest BCUT2D eigenvalue weighted by Gasteiger charge is -2.12. The number of nitrogens with zero attached hydrogens (tertiary/aromatic N) is 1. The molecule has 1 aliphatic heterocycles. The summed E-state index contributed by atoms with van der Waals surface area (Å²) in [5.74, 6) is 0. The van der Waals surface area contributed by atoms with Crippen molar-refractivity contribution in [1.29, 1.82) is 0 Å². The van der Waals surface area contributed by atoms with E-state index in [0.717, 1.165) is 39.0 Å². The lowest BCUT2D eigenvalue weighted by molar-refractivity contribution is -0.522. The fourth-order valence-electron chi connectivity index (χ4n) is 3.12. The van der Waals surface area contributed by atoms with E-state index in [-0.39, 0.29) is 0 Å². The Labute approximate surface area is 139 Å². The maximum Gasteiger partial charge on any atom is 0.171 e. The summed E-state index contributed by atoms with van der Waals surface area (Å²) in [6, 6.07) is 17.2. The van der Waals surface area contributed by atoms with Crippen molar-refractivity contribution in [2.24, 2.45) is 0 Å². The fourth-order valence-corrected chi connectivity index (χ4v) is 3.12. The van der Waals surface area contributed by atoms with E-state index in [1.54, 1.807) is 0 Å². The molecule has 0 bridgehead atoms. The van der Waals surface area contributed by atoms with E-state index >= 15 is 0 Å². The van der Waals surface area contributed by atoms with Crippen LogP contribution in [-0.4, -0.2) is 37.0 Å². The second kappa shape index (κ2) is 7.89. The van der Waals surface area contributed by atoms with Crippen LogP contribution in [0, 0.1) is 0 Å². The Morgan fingerprint density at radius 3 is 2.78 bits per heavy atom. The Kier molecular flexibility index (Phi) is 5.38. The Hall–Kier alpha value is -2.19. The molecular weight excluding hydrogens is 280 g/mol. The molecule has 118 valence electrons. The highest BCUT2D eigenvalue weighted by atomic mass is 15.0. The predicted molar refractivity (Wildman–Crippen MR) is 98.4 cm³/mol. The molecule has 0 spiro atoms. The zero-order valence-electron chi connectivity index (χ0n) is 13.7. The number of fused-ring (bicyclic) bond motifs is 1. The third-order valence-corrected chi connectivity index (χ3v) is 4.47. The number of benzene rings is 2. The first-order chi connectivity index (χ1) is 11.4. The Bertz CT molecular complexity index is 700. The minimum atomic E-state index is 1.01. The normalized spacial score (nSPS) is 13.3. The molecule has 1 heterocycles. The minimum absolute atomic E-state index is 1.01. The quantitative estimate of drug-likeness (QED) is 0.613. The Morgan fingerprint density at radius 1 is 1.04 bits per heavy atom. The lowest BCUT2D eigenvalue weighted by Crippen LogP contribution is -2.31. The molecule has 1 aliphatic rings. The molecule has 0 unspecified atom stereocenters. The summed E-state index contributed by atoms with van der Waals surface area (Å²) in [7, 11) is 0. The zero-order chi connectivity index (χ0) is 15.9. The monoisotopic (exact) mass is 305 g/mol. The standard InChI is InChI=1S/C21H25N2/c1-2-18-7-3-4-8-19(18)11-13-22-14-16-23-15-12-20-9-5-6-10-21(20)17-23/h2-10,17,22H,1,11-16H2/q+1. The molecule has 0 aliphatic carbocycles. The molecule has 2 nitrogen and oxygen atoms in total. The van der Waals surface area contributed by atoms with Gasteiger partial charge in [0.25, 0.3) is 0 Å². The number of nitrogens with one attached hydrogen (secondary N) is 1. The molecule has 1 N–H and O–H groups in total. The molecule has 2 aromatic rings. The van der Waals surface area contributed by atoms with Gasteiger partial charge in [-0.15, -0.1) is 0 Å². The molecular formula is C21H25N2+. The van der Waals surface area contributed by atoms with E-state index in [0.29, 0.717) is 0 Å². The van der Waals surface area contributed by atoms with Gasteiger partial charge in [0.1, 0.15) is 6.54 Å². The van der Waals surface area contributed by atoms with Crippen LogP contribution in [0.4, 0.5) is 0 Å². The molecule has 3 rings (SSSR count). The molecule has 0 aromatic heterocycles. The number of hydrogen-bond acceptors (Lipinski definition) is 1. The molecule has 0 saturated carbocycles. The van der Waals surface area contributed by atoms with Crippen molar-refractivity contribution in [2.45, 2.75) is 12.8 Å². The van der Waals surface area contributed by atoms with Gasteiger partial charge in [-0.25, -0.2) is 4.58 Å². The summed E-state index contributed by atoms with van der Waals surface area (Å²) in [5.41, 5.74) is 5.46. The van der Waals surface area contributed by atoms with Crippen LogP contribution in [0.15, 0.2) is 55.1 Å². The van der Waals surface area contributed by atoms with Gasteiger partial charge in [0.2, 0.25) is 0 Å². The highest BCUT2D eigenvalue weighted by Gasteiger charge is 2.14. The molecule has 2 aromatic carbocycles. The molecule has 0 fully saturated rings. The number of hydrogen-bond donors (Lipinski definition) is 1. The van der Waals surface area contributed by atoms with Crippen molar-refractivity contribution in [3.63, 3.8) is 0 Å². The summed E-state index contributed by atoms with van der Waals surface area (Å²) in [5, 5.41) is 3.56. The van der Waals surface area contributed by atoms with Gasteiger partial charge in [0.15, 0.2) is 12.8 Å². The average Bonchev–Trinajstić information content (AvgIpc) is 2.61. The second-order valence-corrected chi connectivity index (χ2v) is 6.02. The Morgan fingerprint density at radius 2 is 1.87 bits per heavy atom. The van der Waals surface area contributed by atoms with Gasteiger partial charge in [-0.2, -0.15) is 0 Å². The van der Waals surface area contributed by atoms with E-state index in [4.69, 9.17) is 0 Å². The van der Waals surface area contributed by atoms with Crippen molar-refractivity contribution in [1.82, 2.24) is 5.32 Å². The van der Waals surface area contributed by atoms with E-state index in [1.807, 2.05) is 6.08 Å². The summed E-state index contributed by atoms with van der Waals surface area (Å²) in [4.78, 5) is 0. The molecule has 2 heteroatoms. The van der Waals surface area contributed by atoms with Crippen LogP contribution in [0.1, 0.15) is 22.3 Å². The van der Waals surface area contributed by atoms with Crippen LogP contribution in [-0.2, 0) is 12.8 Å². The van der Waals surface area contributed by atoms with Gasteiger partial charge in [0.05, 0.1) is 6.54 Å². The van der Waals surface area contributed by atoms with Gasteiger partial charge in [-0.05, 0) is 35.7 Å². The van der Waals surface area contributed by atoms with E-state index < -0.39 is 0 Å². The fraction of sp³-hybridized carbons (Fsp3) is 0.286. The van der Waals surface area contributed by atoms with Crippen molar-refractivity contribution in [2.75, 3.05) is 26.2 Å². The van der Waals surface area contributed by atoms with Gasteiger partial charge in [0, 0.05) is 12.0 Å². The van der Waals surface area contributed by atoms with Crippen molar-refractivity contribution >= 4 is 12.3 Å². The highest BCUT2D eigenvalue weighted by Crippen LogP contribution is 2.11. The van der Waals surface area contributed by atoms with Gasteiger partial charge < -0.3 is 5.32 Å². The summed E-state index contributed by atoms with van der Waals surface area (Å²) in [6.07, 6.45) is 6.44. The average molecular weight is 305 g/mol. The minimum Gasteiger partial charge on any atom is -0.311 e. The topological polar surface area (TPSA) is 15.0 Å². The summed E-state index contributed by atoms with van der Waals surface area (Å²) < 4.78 is 2.42. The van der Waals surface area contributed by atoms with Crippen LogP contribution in [0.25, 0.3) is 6.08 Å². The molecule has 0 atom stereocenters. The van der Waals surface area contributed by atoms with Crippen LogP contribution in [0.5, 0.6) is 0 Å². The number of rotatable bonds is 7. The third-order valence-electron chi connectivity index (χ3n) is 4.47. The largest absolute Gasteiger partial charge is 0.311 e. The van der Waals surface area contributed by atoms with Crippen LogP contribution >= 0.6 is 0 Å². The first-order valence-electron chi connectivity index (χ1n) is 8.45. The predicted octanol–water partition coefficient (Wildman–Crippen LogP) is 3.15. The maximum atomic E-state index is 3.88. The van der Waals surface area contributed by atoms with Crippen LogP contribution in [0.2, 0.25) is 0 Å². The molecule has 0 radical (unpaired) electrons. The van der Waals surface area contributed by atoms with Gasteiger partial charge in [-0.3, -0.25) is 0 Å². The third kappa shape index (κ3) is 4.17. The first-order valence-corrected chi connectivity index (χ1v) is 8.45. The molecule has 0 amide bonds. The summed E-state index contributed by atoms with van der Waals surface area (Å²) >= 11 is 0. The van der Waals surface area contributed by atoms with Crippen molar-refractivity contribution < 1.29 is 4.58 Å². The lowest BCUT2D eigenvalue weighted by atomic mass is 10.0. The zero-order valence-corrected chi connectivity index (χ0v) is 13.7. The SMILES string of the molecule is C=Cc1ccccc1CCNCC[N+]1=Cc2ccccc2CC1. The van der Waals surface area contributed by atoms with E-state index in [2.05, 4.69) is 71.2 Å². The van der Waals surface area contributed by atoms with Gasteiger partial charge >= 0.3 is 0 Å². The van der Waals surface area contributed by atoms with E-state index in [9.17, 15) is 0 Å². The second-order valence-electron chi connectivity index (χ2n) is 6.02. The maximum absolute atomic E-state index is 3.88. The van der Waals surface area contributed by atoms with E-state index in [1.165, 1.54) is 22.3 Å². The van der Waals surface area contributed by atoms with Crippen molar-refractivity contribution in [3.05, 3.63) is 77.4 Å². The molecule has 0 saturated heterocycles. The van der Waals surface area contributed by atoms with Crippen molar-refractivity contribution in [3.8, 4) is 0 Å². The Balaban J connectivity index is 1.44. The molecule has 23 heavy (non-hydrogen) atoms. The van der Waals surface area contributed by atoms with Gasteiger partial charge in [-0.1, -0.05) is 55.1 Å². The smallest absolute Gasteiger partial charge is 0.171 e. The van der Waals surface area contributed by atoms with Crippen LogP contribution in [0.3, 0.4) is 0 Å². The summed E-state index contributed by atoms with van der Waals surface area (Å²) in [6.45, 7) is 8.11.